The van der Waals surface area contributed by atoms with Gasteiger partial charge in [0.05, 0.1) is 0 Å². The van der Waals surface area contributed by atoms with Crippen molar-refractivity contribution in [2.45, 2.75) is 43.1 Å². The Labute approximate surface area is 107 Å². The summed E-state index contributed by atoms with van der Waals surface area (Å²) in [6.45, 7) is 1.72. The summed E-state index contributed by atoms with van der Waals surface area (Å²) in [5.74, 6) is 3.94. The molecule has 0 aromatic carbocycles. The summed E-state index contributed by atoms with van der Waals surface area (Å²) >= 11 is 3.70. The molecule has 3 heteroatoms. The van der Waals surface area contributed by atoms with Crippen molar-refractivity contribution < 1.29 is 4.79 Å². The van der Waals surface area contributed by atoms with Crippen LogP contribution in [0.3, 0.4) is 0 Å². The molecule has 6 unspecified atom stereocenters. The highest BCUT2D eigenvalue weighted by molar-refractivity contribution is 8.14. The van der Waals surface area contributed by atoms with Crippen molar-refractivity contribution in [3.05, 3.63) is 0 Å². The maximum atomic E-state index is 11.2. The van der Waals surface area contributed by atoms with E-state index in [1.54, 1.807) is 18.7 Å². The Kier molecular flexibility index (Phi) is 3.03. The van der Waals surface area contributed by atoms with Crippen molar-refractivity contribution in [3.8, 4) is 0 Å². The molecule has 0 aliphatic heterocycles. The molecular weight excluding hydrogens is 236 g/mol. The van der Waals surface area contributed by atoms with Crippen LogP contribution in [0.4, 0.5) is 0 Å². The van der Waals surface area contributed by atoms with Crippen molar-refractivity contribution in [3.63, 3.8) is 0 Å². The molecule has 0 amide bonds. The minimum Gasteiger partial charge on any atom is -0.288 e. The lowest BCUT2D eigenvalue weighted by atomic mass is 9.81. The monoisotopic (exact) mass is 256 g/mol. The molecule has 16 heavy (non-hydrogen) atoms. The van der Waals surface area contributed by atoms with Crippen LogP contribution in [-0.2, 0) is 4.79 Å². The number of rotatable bonds is 2. The summed E-state index contributed by atoms with van der Waals surface area (Å²) in [4.78, 5) is 11.2. The predicted molar refractivity (Wildman–Crippen MR) is 71.8 cm³/mol. The molecule has 3 fully saturated rings. The second-order valence-electron chi connectivity index (χ2n) is 5.70. The quantitative estimate of drug-likeness (QED) is 0.753. The highest BCUT2D eigenvalue weighted by Gasteiger charge is 2.55. The van der Waals surface area contributed by atoms with Gasteiger partial charge in [0.25, 0.3) is 0 Å². The molecule has 3 aliphatic carbocycles. The molecule has 90 valence electrons. The molecule has 0 heterocycles. The average Bonchev–Trinajstić information content (AvgIpc) is 2.84. The summed E-state index contributed by atoms with van der Waals surface area (Å²) in [7, 11) is 0. The van der Waals surface area contributed by atoms with E-state index in [1.807, 2.05) is 0 Å². The Bertz CT molecular complexity index is 302. The van der Waals surface area contributed by atoms with Crippen molar-refractivity contribution in [2.24, 2.45) is 23.7 Å². The number of carbonyl (C=O) groups is 1. The smallest absolute Gasteiger partial charge is 0.186 e. The highest BCUT2D eigenvalue weighted by atomic mass is 32.2. The molecular formula is C13H20OS2. The zero-order chi connectivity index (χ0) is 11.3. The zero-order valence-electron chi connectivity index (χ0n) is 10.0. The number of carbonyl (C=O) groups excluding carboxylic acids is 1. The van der Waals surface area contributed by atoms with Crippen molar-refractivity contribution >= 4 is 28.6 Å². The zero-order valence-corrected chi connectivity index (χ0v) is 11.7. The van der Waals surface area contributed by atoms with Gasteiger partial charge in [0.1, 0.15) is 0 Å². The van der Waals surface area contributed by atoms with Gasteiger partial charge >= 0.3 is 0 Å². The molecule has 0 spiro atoms. The van der Waals surface area contributed by atoms with Crippen molar-refractivity contribution in [1.29, 1.82) is 0 Å². The highest BCUT2D eigenvalue weighted by Crippen LogP contribution is 2.62. The van der Waals surface area contributed by atoms with E-state index in [0.29, 0.717) is 10.4 Å². The van der Waals surface area contributed by atoms with Crippen LogP contribution in [0, 0.1) is 23.7 Å². The Balaban J connectivity index is 1.68. The number of hydrogen-bond acceptors (Lipinski definition) is 3. The topological polar surface area (TPSA) is 17.1 Å². The second kappa shape index (κ2) is 4.24. The van der Waals surface area contributed by atoms with E-state index in [1.165, 1.54) is 25.7 Å². The lowest BCUT2D eigenvalue weighted by molar-refractivity contribution is -0.109. The molecule has 0 radical (unpaired) electrons. The van der Waals surface area contributed by atoms with Gasteiger partial charge < -0.3 is 0 Å². The van der Waals surface area contributed by atoms with Crippen molar-refractivity contribution in [1.82, 2.24) is 0 Å². The van der Waals surface area contributed by atoms with Gasteiger partial charge in [-0.15, -0.1) is 0 Å². The summed E-state index contributed by atoms with van der Waals surface area (Å²) in [6, 6.07) is 0. The number of thioether (sulfide) groups is 2. The van der Waals surface area contributed by atoms with E-state index in [-0.39, 0.29) is 0 Å². The summed E-state index contributed by atoms with van der Waals surface area (Å²) in [5, 5.41) is 1.91. The third kappa shape index (κ3) is 1.74. The maximum absolute atomic E-state index is 11.2. The molecule has 0 N–H and O–H groups in total. The molecule has 3 rings (SSSR count). The molecule has 0 aromatic heterocycles. The van der Waals surface area contributed by atoms with E-state index in [4.69, 9.17) is 0 Å². The van der Waals surface area contributed by atoms with E-state index < -0.39 is 0 Å². The fourth-order valence-electron chi connectivity index (χ4n) is 4.56. The van der Waals surface area contributed by atoms with Gasteiger partial charge in [-0.1, -0.05) is 11.8 Å². The van der Waals surface area contributed by atoms with Gasteiger partial charge in [-0.25, -0.2) is 0 Å². The van der Waals surface area contributed by atoms with E-state index >= 15 is 0 Å². The fourth-order valence-corrected chi connectivity index (χ4v) is 6.77. The lowest BCUT2D eigenvalue weighted by Gasteiger charge is -2.30. The van der Waals surface area contributed by atoms with Gasteiger partial charge in [0.2, 0.25) is 0 Å². The van der Waals surface area contributed by atoms with Crippen LogP contribution < -0.4 is 0 Å². The molecule has 2 bridgehead atoms. The van der Waals surface area contributed by atoms with Crippen LogP contribution >= 0.6 is 23.5 Å². The van der Waals surface area contributed by atoms with E-state index in [0.717, 1.165) is 28.9 Å². The third-order valence-corrected chi connectivity index (χ3v) is 7.20. The molecule has 0 saturated heterocycles. The molecule has 1 nitrogen and oxygen atoms in total. The van der Waals surface area contributed by atoms with Gasteiger partial charge in [0.15, 0.2) is 5.12 Å². The largest absolute Gasteiger partial charge is 0.288 e. The first-order valence-corrected chi connectivity index (χ1v) is 8.55. The van der Waals surface area contributed by atoms with Gasteiger partial charge in [-0.3, -0.25) is 4.79 Å². The summed E-state index contributed by atoms with van der Waals surface area (Å²) in [6.07, 6.45) is 7.89. The molecule has 3 aliphatic rings. The first-order chi connectivity index (χ1) is 7.69. The molecule has 0 aromatic rings. The Hall–Kier alpha value is 0.370. The second-order valence-corrected chi connectivity index (χ2v) is 8.25. The first-order valence-electron chi connectivity index (χ1n) is 6.39. The minimum atomic E-state index is 0.318. The molecule has 3 saturated carbocycles. The fraction of sp³-hybridized carbons (Fsp3) is 0.923. The Morgan fingerprint density at radius 1 is 1.06 bits per heavy atom. The standard InChI is InChI=1S/C13H20OS2/c1-7(14)16-9-5-10-8-3-12(11(10)6-9)13(4-8)15-2/h8-13H,3-6H2,1-2H3. The summed E-state index contributed by atoms with van der Waals surface area (Å²) < 4.78 is 0. The van der Waals surface area contributed by atoms with Gasteiger partial charge in [0, 0.05) is 17.4 Å². The van der Waals surface area contributed by atoms with Crippen LogP contribution in [0.1, 0.15) is 32.6 Å². The molecule has 6 atom stereocenters. The van der Waals surface area contributed by atoms with Crippen LogP contribution in [0.2, 0.25) is 0 Å². The third-order valence-electron chi connectivity index (χ3n) is 5.00. The maximum Gasteiger partial charge on any atom is 0.186 e. The van der Waals surface area contributed by atoms with Crippen LogP contribution in [0.25, 0.3) is 0 Å². The Morgan fingerprint density at radius 3 is 2.50 bits per heavy atom. The number of fused-ring (bicyclic) bond motifs is 5. The van der Waals surface area contributed by atoms with Gasteiger partial charge in [-0.05, 0) is 55.6 Å². The predicted octanol–water partition coefficient (Wildman–Crippen LogP) is 3.43. The van der Waals surface area contributed by atoms with E-state index in [2.05, 4.69) is 18.0 Å². The van der Waals surface area contributed by atoms with E-state index in [9.17, 15) is 4.79 Å². The van der Waals surface area contributed by atoms with Crippen LogP contribution in [-0.4, -0.2) is 21.9 Å². The average molecular weight is 256 g/mol. The number of hydrogen-bond donors (Lipinski definition) is 0. The summed E-state index contributed by atoms with van der Waals surface area (Å²) in [5.41, 5.74) is 0. The minimum absolute atomic E-state index is 0.318. The lowest BCUT2D eigenvalue weighted by Crippen LogP contribution is -2.25. The first kappa shape index (κ1) is 11.5. The normalized spacial score (nSPS) is 49.6. The van der Waals surface area contributed by atoms with Crippen LogP contribution in [0.5, 0.6) is 0 Å². The van der Waals surface area contributed by atoms with Crippen molar-refractivity contribution in [2.75, 3.05) is 6.26 Å². The van der Waals surface area contributed by atoms with Crippen LogP contribution in [0.15, 0.2) is 0 Å². The SMILES string of the molecule is CSC1CC2CC1C1CC(SC(C)=O)CC21. The Morgan fingerprint density at radius 2 is 1.81 bits per heavy atom. The van der Waals surface area contributed by atoms with Gasteiger partial charge in [-0.2, -0.15) is 11.8 Å².